The van der Waals surface area contributed by atoms with Crippen molar-refractivity contribution in [2.75, 3.05) is 11.9 Å². The van der Waals surface area contributed by atoms with Gasteiger partial charge in [-0.1, -0.05) is 18.2 Å². The predicted octanol–water partition coefficient (Wildman–Crippen LogP) is 3.55. The van der Waals surface area contributed by atoms with Gasteiger partial charge in [0.2, 0.25) is 5.91 Å². The van der Waals surface area contributed by atoms with E-state index in [4.69, 9.17) is 4.98 Å². The molecule has 0 radical (unpaired) electrons. The molecule has 1 heterocycles. The molecule has 27 heavy (non-hydrogen) atoms. The van der Waals surface area contributed by atoms with Crippen molar-refractivity contribution in [3.8, 4) is 0 Å². The number of nitrogens with one attached hydrogen (secondary N) is 2. The minimum absolute atomic E-state index is 0.167. The van der Waals surface area contributed by atoms with E-state index in [-0.39, 0.29) is 17.9 Å². The van der Waals surface area contributed by atoms with Gasteiger partial charge < -0.3 is 15.2 Å². The minimum Gasteiger partial charge on any atom is -0.352 e. The van der Waals surface area contributed by atoms with E-state index in [1.807, 2.05) is 18.2 Å². The van der Waals surface area contributed by atoms with Gasteiger partial charge in [0.15, 0.2) is 0 Å². The second-order valence-corrected chi connectivity index (χ2v) is 6.75. The van der Waals surface area contributed by atoms with Crippen molar-refractivity contribution in [3.63, 3.8) is 0 Å². The van der Waals surface area contributed by atoms with Crippen LogP contribution in [0.5, 0.6) is 0 Å². The highest BCUT2D eigenvalue weighted by Gasteiger charge is 2.13. The number of rotatable bonds is 6. The molecule has 0 saturated carbocycles. The summed E-state index contributed by atoms with van der Waals surface area (Å²) >= 11 is 0. The monoisotopic (exact) mass is 364 g/mol. The van der Waals surface area contributed by atoms with Crippen LogP contribution in [0, 0.1) is 0 Å². The SMILES string of the molecule is CC(=O)Nc1cccc(C(=O)NCCc2nc3ccccc3n2C(C)C)c1. The number of para-hydroxylation sites is 2. The maximum atomic E-state index is 12.4. The molecule has 3 aromatic rings. The summed E-state index contributed by atoms with van der Waals surface area (Å²) < 4.78 is 2.21. The van der Waals surface area contributed by atoms with Gasteiger partial charge in [-0.25, -0.2) is 4.98 Å². The van der Waals surface area contributed by atoms with Gasteiger partial charge in [0.1, 0.15) is 5.82 Å². The molecule has 0 unspecified atom stereocenters. The number of nitrogens with zero attached hydrogens (tertiary/aromatic N) is 2. The van der Waals surface area contributed by atoms with Crippen LogP contribution in [0.15, 0.2) is 48.5 Å². The number of amides is 2. The lowest BCUT2D eigenvalue weighted by molar-refractivity contribution is -0.114. The van der Waals surface area contributed by atoms with Crippen LogP contribution < -0.4 is 10.6 Å². The molecular weight excluding hydrogens is 340 g/mol. The molecule has 0 bridgehead atoms. The number of hydrogen-bond acceptors (Lipinski definition) is 3. The third-order valence-corrected chi connectivity index (χ3v) is 4.26. The predicted molar refractivity (Wildman–Crippen MR) is 107 cm³/mol. The molecule has 6 heteroatoms. The van der Waals surface area contributed by atoms with E-state index in [1.165, 1.54) is 6.92 Å². The summed E-state index contributed by atoms with van der Waals surface area (Å²) in [5.41, 5.74) is 3.20. The van der Waals surface area contributed by atoms with Crippen molar-refractivity contribution in [2.24, 2.45) is 0 Å². The Kier molecular flexibility index (Phi) is 5.54. The Balaban J connectivity index is 1.68. The summed E-state index contributed by atoms with van der Waals surface area (Å²) in [6, 6.07) is 15.2. The van der Waals surface area contributed by atoms with Crippen LogP contribution in [0.3, 0.4) is 0 Å². The minimum atomic E-state index is -0.172. The van der Waals surface area contributed by atoms with Gasteiger partial charge in [-0.05, 0) is 44.2 Å². The van der Waals surface area contributed by atoms with Crippen LogP contribution in [0.25, 0.3) is 11.0 Å². The van der Waals surface area contributed by atoms with Crippen molar-refractivity contribution in [1.82, 2.24) is 14.9 Å². The lowest BCUT2D eigenvalue weighted by Gasteiger charge is -2.13. The summed E-state index contributed by atoms with van der Waals surface area (Å²) in [6.07, 6.45) is 0.643. The third-order valence-electron chi connectivity index (χ3n) is 4.26. The first kappa shape index (κ1) is 18.6. The van der Waals surface area contributed by atoms with E-state index < -0.39 is 0 Å². The number of carbonyl (C=O) groups excluding carboxylic acids is 2. The topological polar surface area (TPSA) is 76.0 Å². The zero-order valence-electron chi connectivity index (χ0n) is 15.8. The normalized spacial score (nSPS) is 11.0. The summed E-state index contributed by atoms with van der Waals surface area (Å²) in [6.45, 7) is 6.18. The Morgan fingerprint density at radius 2 is 1.89 bits per heavy atom. The van der Waals surface area contributed by atoms with Crippen LogP contribution in [0.4, 0.5) is 5.69 Å². The molecular formula is C21H24N4O2. The molecule has 2 aromatic carbocycles. The van der Waals surface area contributed by atoms with Crippen LogP contribution in [-0.4, -0.2) is 27.9 Å². The molecule has 0 aliphatic rings. The van der Waals surface area contributed by atoms with Crippen LogP contribution in [0.1, 0.15) is 43.0 Å². The van der Waals surface area contributed by atoms with Gasteiger partial charge in [-0.15, -0.1) is 0 Å². The average molecular weight is 364 g/mol. The molecule has 0 saturated heterocycles. The second-order valence-electron chi connectivity index (χ2n) is 6.75. The highest BCUT2D eigenvalue weighted by molar-refractivity contribution is 5.96. The fraction of sp³-hybridized carbons (Fsp3) is 0.286. The largest absolute Gasteiger partial charge is 0.352 e. The van der Waals surface area contributed by atoms with E-state index in [0.29, 0.717) is 24.2 Å². The molecule has 3 rings (SSSR count). The number of hydrogen-bond donors (Lipinski definition) is 2. The number of imidazole rings is 1. The van der Waals surface area contributed by atoms with Crippen molar-refractivity contribution in [2.45, 2.75) is 33.2 Å². The highest BCUT2D eigenvalue weighted by Crippen LogP contribution is 2.21. The van der Waals surface area contributed by atoms with Crippen LogP contribution in [-0.2, 0) is 11.2 Å². The summed E-state index contributed by atoms with van der Waals surface area (Å²) in [4.78, 5) is 28.3. The summed E-state index contributed by atoms with van der Waals surface area (Å²) in [7, 11) is 0. The van der Waals surface area contributed by atoms with Gasteiger partial charge in [0.25, 0.3) is 5.91 Å². The molecule has 0 spiro atoms. The first-order chi connectivity index (χ1) is 13.0. The molecule has 0 atom stereocenters. The maximum Gasteiger partial charge on any atom is 0.251 e. The summed E-state index contributed by atoms with van der Waals surface area (Å²) in [5.74, 6) is 0.619. The summed E-state index contributed by atoms with van der Waals surface area (Å²) in [5, 5.41) is 5.62. The van der Waals surface area contributed by atoms with E-state index in [9.17, 15) is 9.59 Å². The van der Waals surface area contributed by atoms with Gasteiger partial charge in [-0.2, -0.15) is 0 Å². The van der Waals surface area contributed by atoms with Crippen LogP contribution in [0.2, 0.25) is 0 Å². The molecule has 140 valence electrons. The molecule has 2 amide bonds. The van der Waals surface area contributed by atoms with E-state index in [1.54, 1.807) is 24.3 Å². The first-order valence-corrected chi connectivity index (χ1v) is 9.07. The van der Waals surface area contributed by atoms with E-state index >= 15 is 0 Å². The lowest BCUT2D eigenvalue weighted by atomic mass is 10.2. The lowest BCUT2D eigenvalue weighted by Crippen LogP contribution is -2.26. The van der Waals surface area contributed by atoms with E-state index in [2.05, 4.69) is 35.1 Å². The van der Waals surface area contributed by atoms with Crippen LogP contribution >= 0.6 is 0 Å². The Morgan fingerprint density at radius 1 is 1.11 bits per heavy atom. The average Bonchev–Trinajstić information content (AvgIpc) is 2.99. The third kappa shape index (κ3) is 4.34. The fourth-order valence-corrected chi connectivity index (χ4v) is 3.18. The van der Waals surface area contributed by atoms with Gasteiger partial charge in [0.05, 0.1) is 11.0 Å². The van der Waals surface area contributed by atoms with Crippen molar-refractivity contribution in [1.29, 1.82) is 0 Å². The van der Waals surface area contributed by atoms with Crippen molar-refractivity contribution in [3.05, 3.63) is 59.9 Å². The Morgan fingerprint density at radius 3 is 2.63 bits per heavy atom. The highest BCUT2D eigenvalue weighted by atomic mass is 16.2. The standard InChI is InChI=1S/C21H24N4O2/c1-14(2)25-19-10-5-4-9-18(19)24-20(25)11-12-22-21(27)16-7-6-8-17(13-16)23-15(3)26/h4-10,13-14H,11-12H2,1-3H3,(H,22,27)(H,23,26). The number of anilines is 1. The quantitative estimate of drug-likeness (QED) is 0.702. The second kappa shape index (κ2) is 8.03. The molecule has 1 aromatic heterocycles. The Hall–Kier alpha value is -3.15. The molecule has 6 nitrogen and oxygen atoms in total. The fourth-order valence-electron chi connectivity index (χ4n) is 3.18. The molecule has 2 N–H and O–H groups in total. The number of fused-ring (bicyclic) bond motifs is 1. The van der Waals surface area contributed by atoms with E-state index in [0.717, 1.165) is 16.9 Å². The van der Waals surface area contributed by atoms with Crippen molar-refractivity contribution < 1.29 is 9.59 Å². The maximum absolute atomic E-state index is 12.4. The Labute approximate surface area is 158 Å². The molecule has 0 fully saturated rings. The Bertz CT molecular complexity index is 975. The van der Waals surface area contributed by atoms with Gasteiger partial charge in [0, 0.05) is 37.2 Å². The zero-order valence-corrected chi connectivity index (χ0v) is 15.8. The van der Waals surface area contributed by atoms with Gasteiger partial charge >= 0.3 is 0 Å². The number of benzene rings is 2. The number of carbonyl (C=O) groups is 2. The smallest absolute Gasteiger partial charge is 0.251 e. The molecule has 0 aliphatic heterocycles. The molecule has 0 aliphatic carbocycles. The zero-order chi connectivity index (χ0) is 19.4. The first-order valence-electron chi connectivity index (χ1n) is 9.07. The van der Waals surface area contributed by atoms with Crippen molar-refractivity contribution >= 4 is 28.5 Å². The number of aromatic nitrogens is 2. The van der Waals surface area contributed by atoms with Gasteiger partial charge in [-0.3, -0.25) is 9.59 Å².